The first-order valence-electron chi connectivity index (χ1n) is 10.3. The Morgan fingerprint density at radius 1 is 1.03 bits per heavy atom. The lowest BCUT2D eigenvalue weighted by Gasteiger charge is -2.21. The molecular formula is C24H26FN3O3S2. The first-order chi connectivity index (χ1) is 15.5. The standard InChI is InChI=1S/C24H26FN3O3S2/c1-24(2,3)28-33(30,31)21-9-5-4-7-18(21)15-27-22(29)20-8-6-14-26-23(20)32-16-17-10-12-19(25)13-11-17/h4-14,28H,15-16H2,1-3H3,(H,27,29). The zero-order valence-electron chi connectivity index (χ0n) is 18.6. The van der Waals surface area contributed by atoms with E-state index >= 15 is 0 Å². The maximum atomic E-state index is 13.1. The normalized spacial score (nSPS) is 11.9. The number of thioether (sulfide) groups is 1. The fraction of sp³-hybridized carbons (Fsp3) is 0.250. The molecule has 2 N–H and O–H groups in total. The van der Waals surface area contributed by atoms with Crippen LogP contribution in [-0.4, -0.2) is 24.8 Å². The van der Waals surface area contributed by atoms with Crippen LogP contribution in [0, 0.1) is 5.82 Å². The number of nitrogens with zero attached hydrogens (tertiary/aromatic N) is 1. The van der Waals surface area contributed by atoms with E-state index in [1.165, 1.54) is 30.0 Å². The van der Waals surface area contributed by atoms with Gasteiger partial charge in [0.25, 0.3) is 5.91 Å². The van der Waals surface area contributed by atoms with Crippen LogP contribution in [0.4, 0.5) is 4.39 Å². The van der Waals surface area contributed by atoms with Crippen molar-refractivity contribution in [2.24, 2.45) is 0 Å². The summed E-state index contributed by atoms with van der Waals surface area (Å²) in [6.07, 6.45) is 1.60. The number of pyridine rings is 1. The topological polar surface area (TPSA) is 88.2 Å². The fourth-order valence-electron chi connectivity index (χ4n) is 3.05. The maximum absolute atomic E-state index is 13.1. The molecule has 0 radical (unpaired) electrons. The SMILES string of the molecule is CC(C)(C)NS(=O)(=O)c1ccccc1CNC(=O)c1cccnc1SCc1ccc(F)cc1. The molecule has 0 aliphatic heterocycles. The lowest BCUT2D eigenvalue weighted by atomic mass is 10.1. The summed E-state index contributed by atoms with van der Waals surface area (Å²) in [5, 5.41) is 3.34. The van der Waals surface area contributed by atoms with Crippen molar-refractivity contribution in [3.05, 3.63) is 89.4 Å². The van der Waals surface area contributed by atoms with Crippen LogP contribution in [-0.2, 0) is 22.3 Å². The van der Waals surface area contributed by atoms with Gasteiger partial charge in [0.15, 0.2) is 0 Å². The van der Waals surface area contributed by atoms with E-state index in [2.05, 4.69) is 15.0 Å². The number of carbonyl (C=O) groups excluding carboxylic acids is 1. The number of rotatable bonds is 8. The molecule has 0 bridgehead atoms. The summed E-state index contributed by atoms with van der Waals surface area (Å²) in [6.45, 7) is 5.34. The predicted octanol–water partition coefficient (Wildman–Crippen LogP) is 4.52. The van der Waals surface area contributed by atoms with Crippen LogP contribution in [0.5, 0.6) is 0 Å². The number of amides is 1. The van der Waals surface area contributed by atoms with E-state index in [0.717, 1.165) is 5.56 Å². The van der Waals surface area contributed by atoms with Gasteiger partial charge in [0.05, 0.1) is 10.5 Å². The molecule has 0 aliphatic carbocycles. The Labute approximate surface area is 198 Å². The summed E-state index contributed by atoms with van der Waals surface area (Å²) >= 11 is 1.37. The molecule has 9 heteroatoms. The Bertz CT molecular complexity index is 1220. The Morgan fingerprint density at radius 3 is 2.42 bits per heavy atom. The molecule has 1 heterocycles. The quantitative estimate of drug-likeness (QED) is 0.456. The Hall–Kier alpha value is -2.75. The molecule has 1 amide bonds. The molecule has 0 atom stereocenters. The van der Waals surface area contributed by atoms with E-state index in [1.807, 2.05) is 0 Å². The van der Waals surface area contributed by atoms with Crippen molar-refractivity contribution in [1.29, 1.82) is 0 Å². The van der Waals surface area contributed by atoms with Crippen molar-refractivity contribution in [1.82, 2.24) is 15.0 Å². The van der Waals surface area contributed by atoms with Gasteiger partial charge in [-0.15, -0.1) is 11.8 Å². The molecule has 2 aromatic carbocycles. The molecular weight excluding hydrogens is 461 g/mol. The van der Waals surface area contributed by atoms with Gasteiger partial charge in [0.2, 0.25) is 10.0 Å². The highest BCUT2D eigenvalue weighted by Gasteiger charge is 2.24. The monoisotopic (exact) mass is 487 g/mol. The molecule has 3 rings (SSSR count). The smallest absolute Gasteiger partial charge is 0.254 e. The second kappa shape index (κ2) is 10.5. The molecule has 0 saturated carbocycles. The van der Waals surface area contributed by atoms with Crippen LogP contribution >= 0.6 is 11.8 Å². The van der Waals surface area contributed by atoms with E-state index < -0.39 is 15.6 Å². The van der Waals surface area contributed by atoms with E-state index in [0.29, 0.717) is 21.9 Å². The lowest BCUT2D eigenvalue weighted by Crippen LogP contribution is -2.41. The van der Waals surface area contributed by atoms with E-state index in [9.17, 15) is 17.6 Å². The minimum Gasteiger partial charge on any atom is -0.348 e. The molecule has 6 nitrogen and oxygen atoms in total. The molecule has 3 aromatic rings. The minimum absolute atomic E-state index is 0.0387. The fourth-order valence-corrected chi connectivity index (χ4v) is 5.66. The van der Waals surface area contributed by atoms with Crippen molar-refractivity contribution >= 4 is 27.7 Å². The van der Waals surface area contributed by atoms with E-state index in [1.54, 1.807) is 69.4 Å². The van der Waals surface area contributed by atoms with E-state index in [4.69, 9.17) is 0 Å². The third kappa shape index (κ3) is 7.12. The minimum atomic E-state index is -3.76. The van der Waals surface area contributed by atoms with Gasteiger partial charge in [-0.2, -0.15) is 0 Å². The average Bonchev–Trinajstić information content (AvgIpc) is 2.76. The third-order valence-electron chi connectivity index (χ3n) is 4.45. The highest BCUT2D eigenvalue weighted by molar-refractivity contribution is 7.98. The molecule has 0 spiro atoms. The van der Waals surface area contributed by atoms with E-state index in [-0.39, 0.29) is 23.2 Å². The second-order valence-electron chi connectivity index (χ2n) is 8.42. The number of nitrogens with one attached hydrogen (secondary N) is 2. The number of aromatic nitrogens is 1. The predicted molar refractivity (Wildman–Crippen MR) is 128 cm³/mol. The van der Waals surface area contributed by atoms with Crippen molar-refractivity contribution < 1.29 is 17.6 Å². The van der Waals surface area contributed by atoms with Crippen molar-refractivity contribution in [2.75, 3.05) is 0 Å². The van der Waals surface area contributed by atoms with Crippen LogP contribution < -0.4 is 10.0 Å². The molecule has 0 aliphatic rings. The zero-order valence-corrected chi connectivity index (χ0v) is 20.3. The summed E-state index contributed by atoms with van der Waals surface area (Å²) in [4.78, 5) is 17.3. The molecule has 0 unspecified atom stereocenters. The number of halogens is 1. The maximum Gasteiger partial charge on any atom is 0.254 e. The summed E-state index contributed by atoms with van der Waals surface area (Å²) in [5.74, 6) is -0.140. The zero-order chi connectivity index (χ0) is 24.1. The van der Waals surface area contributed by atoms with Crippen LogP contribution in [0.25, 0.3) is 0 Å². The second-order valence-corrected chi connectivity index (χ2v) is 11.0. The first-order valence-corrected chi connectivity index (χ1v) is 12.7. The molecule has 33 heavy (non-hydrogen) atoms. The lowest BCUT2D eigenvalue weighted by molar-refractivity contribution is 0.0947. The summed E-state index contributed by atoms with van der Waals surface area (Å²) in [6, 6.07) is 16.1. The van der Waals surface area contributed by atoms with Crippen molar-refractivity contribution in [2.45, 2.75) is 48.5 Å². The number of hydrogen-bond acceptors (Lipinski definition) is 5. The summed E-state index contributed by atoms with van der Waals surface area (Å²) < 4.78 is 41.4. The summed E-state index contributed by atoms with van der Waals surface area (Å²) in [5.41, 5.74) is 1.13. The molecule has 0 fully saturated rings. The van der Waals surface area contributed by atoms with Crippen LogP contribution in [0.1, 0.15) is 42.3 Å². The highest BCUT2D eigenvalue weighted by atomic mass is 32.2. The van der Waals surface area contributed by atoms with Crippen molar-refractivity contribution in [3.63, 3.8) is 0 Å². The molecule has 1 aromatic heterocycles. The van der Waals surface area contributed by atoms with Crippen molar-refractivity contribution in [3.8, 4) is 0 Å². The van der Waals surface area contributed by atoms with Gasteiger partial charge in [-0.1, -0.05) is 30.3 Å². The van der Waals surface area contributed by atoms with Crippen LogP contribution in [0.15, 0.2) is 76.8 Å². The Morgan fingerprint density at radius 2 is 1.73 bits per heavy atom. The Kier molecular flexibility index (Phi) is 7.88. The Balaban J connectivity index is 1.73. The van der Waals surface area contributed by atoms with Gasteiger partial charge >= 0.3 is 0 Å². The number of hydrogen-bond donors (Lipinski definition) is 2. The number of sulfonamides is 1. The molecule has 0 saturated heterocycles. The largest absolute Gasteiger partial charge is 0.348 e. The van der Waals surface area contributed by atoms with Gasteiger partial charge < -0.3 is 5.32 Å². The van der Waals surface area contributed by atoms with Gasteiger partial charge in [-0.05, 0) is 62.2 Å². The first kappa shape index (κ1) is 24.9. The van der Waals surface area contributed by atoms with Gasteiger partial charge in [0, 0.05) is 24.0 Å². The third-order valence-corrected chi connectivity index (χ3v) is 7.38. The van der Waals surface area contributed by atoms with Crippen LogP contribution in [0.3, 0.4) is 0 Å². The van der Waals surface area contributed by atoms with Gasteiger partial charge in [-0.25, -0.2) is 22.5 Å². The van der Waals surface area contributed by atoms with Crippen LogP contribution in [0.2, 0.25) is 0 Å². The summed E-state index contributed by atoms with van der Waals surface area (Å²) in [7, 11) is -3.76. The van der Waals surface area contributed by atoms with Gasteiger partial charge in [-0.3, -0.25) is 4.79 Å². The molecule has 174 valence electrons. The van der Waals surface area contributed by atoms with Gasteiger partial charge in [0.1, 0.15) is 10.8 Å². The number of carbonyl (C=O) groups is 1. The number of benzene rings is 2. The average molecular weight is 488 g/mol. The highest BCUT2D eigenvalue weighted by Crippen LogP contribution is 2.25.